The Morgan fingerprint density at radius 3 is 2.50 bits per heavy atom. The molecule has 2 aliphatic heterocycles. The predicted molar refractivity (Wildman–Crippen MR) is 129 cm³/mol. The second-order valence-corrected chi connectivity index (χ2v) is 9.09. The number of fused-ring (bicyclic) bond motifs is 4. The second kappa shape index (κ2) is 8.52. The van der Waals surface area contributed by atoms with Gasteiger partial charge in [0.25, 0.3) is 5.91 Å². The zero-order valence-corrected chi connectivity index (χ0v) is 19.7. The summed E-state index contributed by atoms with van der Waals surface area (Å²) in [5, 5.41) is 0. The van der Waals surface area contributed by atoms with Gasteiger partial charge in [-0.2, -0.15) is 0 Å². The maximum Gasteiger partial charge on any atom is 0.330 e. The van der Waals surface area contributed by atoms with Crippen molar-refractivity contribution in [3.63, 3.8) is 0 Å². The van der Waals surface area contributed by atoms with Gasteiger partial charge in [-0.25, -0.2) is 4.79 Å². The summed E-state index contributed by atoms with van der Waals surface area (Å²) in [6.45, 7) is 4.32. The SMILES string of the molecule is COc1cccc2c1O[C@]1(C)C[C@H]2N(C(=O)c2ccc(C)cc2)C(=O)N1CCc1ccccc1. The highest BCUT2D eigenvalue weighted by Crippen LogP contribution is 2.51. The predicted octanol–water partition coefficient (Wildman–Crippen LogP) is 5.36. The van der Waals surface area contributed by atoms with Crippen molar-refractivity contribution < 1.29 is 19.1 Å². The number of nitrogens with zero attached hydrogens (tertiary/aromatic N) is 2. The van der Waals surface area contributed by atoms with Gasteiger partial charge in [-0.15, -0.1) is 0 Å². The van der Waals surface area contributed by atoms with Crippen LogP contribution in [0.15, 0.2) is 72.8 Å². The lowest BCUT2D eigenvalue weighted by atomic mass is 9.88. The summed E-state index contributed by atoms with van der Waals surface area (Å²) in [4.78, 5) is 30.7. The lowest BCUT2D eigenvalue weighted by Gasteiger charge is -2.54. The van der Waals surface area contributed by atoms with E-state index in [-0.39, 0.29) is 11.9 Å². The molecule has 2 atom stereocenters. The summed E-state index contributed by atoms with van der Waals surface area (Å²) in [6.07, 6.45) is 1.13. The van der Waals surface area contributed by atoms with Gasteiger partial charge in [0.05, 0.1) is 13.2 Å². The standard InChI is InChI=1S/C28H28N2O4/c1-19-12-14-21(15-13-19)26(31)30-23-18-28(2,34-25-22(23)10-7-11-24(25)33-3)29(27(30)32)17-16-20-8-5-4-6-9-20/h4-15,23H,16-18H2,1-3H3/t23-,28-/m1/s1. The molecule has 0 unspecified atom stereocenters. The molecular weight excluding hydrogens is 428 g/mol. The number of para-hydroxylation sites is 1. The molecule has 6 nitrogen and oxygen atoms in total. The van der Waals surface area contributed by atoms with Gasteiger partial charge < -0.3 is 9.47 Å². The first-order valence-corrected chi connectivity index (χ1v) is 11.5. The second-order valence-electron chi connectivity index (χ2n) is 9.09. The number of aryl methyl sites for hydroxylation is 1. The number of urea groups is 1. The summed E-state index contributed by atoms with van der Waals surface area (Å²) in [5.74, 6) is 0.869. The van der Waals surface area contributed by atoms with Gasteiger partial charge in [-0.05, 0) is 44.0 Å². The van der Waals surface area contributed by atoms with E-state index in [9.17, 15) is 9.59 Å². The van der Waals surface area contributed by atoms with Crippen LogP contribution in [0.4, 0.5) is 4.79 Å². The van der Waals surface area contributed by atoms with Crippen LogP contribution in [-0.2, 0) is 6.42 Å². The van der Waals surface area contributed by atoms with Crippen LogP contribution >= 0.6 is 0 Å². The van der Waals surface area contributed by atoms with Gasteiger partial charge in [-0.3, -0.25) is 14.6 Å². The normalized spacial score (nSPS) is 21.0. The van der Waals surface area contributed by atoms with Crippen LogP contribution in [0.2, 0.25) is 0 Å². The number of hydrogen-bond acceptors (Lipinski definition) is 4. The molecule has 0 aromatic heterocycles. The van der Waals surface area contributed by atoms with Crippen LogP contribution in [0.25, 0.3) is 0 Å². The van der Waals surface area contributed by atoms with Gasteiger partial charge in [-0.1, -0.05) is 60.2 Å². The lowest BCUT2D eigenvalue weighted by molar-refractivity contribution is -0.106. The van der Waals surface area contributed by atoms with Crippen molar-refractivity contribution in [2.45, 2.75) is 38.5 Å². The number of imide groups is 1. The van der Waals surface area contributed by atoms with E-state index in [0.29, 0.717) is 36.4 Å². The summed E-state index contributed by atoms with van der Waals surface area (Å²) >= 11 is 0. The van der Waals surface area contributed by atoms with Gasteiger partial charge in [0.2, 0.25) is 0 Å². The van der Waals surface area contributed by atoms with Crippen molar-refractivity contribution in [2.75, 3.05) is 13.7 Å². The zero-order valence-electron chi connectivity index (χ0n) is 19.7. The van der Waals surface area contributed by atoms with E-state index in [2.05, 4.69) is 0 Å². The first-order valence-electron chi connectivity index (χ1n) is 11.5. The average molecular weight is 457 g/mol. The van der Waals surface area contributed by atoms with Crippen LogP contribution in [0.5, 0.6) is 11.5 Å². The topological polar surface area (TPSA) is 59.1 Å². The maximum atomic E-state index is 13.9. The van der Waals surface area contributed by atoms with E-state index in [1.165, 1.54) is 4.90 Å². The van der Waals surface area contributed by atoms with E-state index in [1.54, 1.807) is 24.1 Å². The smallest absolute Gasteiger partial charge is 0.330 e. The number of carbonyl (C=O) groups is 2. The molecule has 174 valence electrons. The van der Waals surface area contributed by atoms with E-state index >= 15 is 0 Å². The van der Waals surface area contributed by atoms with E-state index in [0.717, 1.165) is 16.7 Å². The van der Waals surface area contributed by atoms with Crippen LogP contribution in [-0.4, -0.2) is 41.1 Å². The maximum absolute atomic E-state index is 13.9. The number of amides is 3. The van der Waals surface area contributed by atoms with Crippen LogP contribution in [0.3, 0.4) is 0 Å². The Morgan fingerprint density at radius 2 is 1.79 bits per heavy atom. The number of methoxy groups -OCH3 is 1. The van der Waals surface area contributed by atoms with Crippen molar-refractivity contribution in [1.29, 1.82) is 0 Å². The Kier molecular flexibility index (Phi) is 5.52. The summed E-state index contributed by atoms with van der Waals surface area (Å²) in [5.41, 5.74) is 2.54. The minimum atomic E-state index is -0.901. The Hall–Kier alpha value is -3.80. The molecule has 2 bridgehead atoms. The molecule has 1 fully saturated rings. The van der Waals surface area contributed by atoms with Crippen LogP contribution in [0, 0.1) is 6.92 Å². The molecule has 0 spiro atoms. The summed E-state index contributed by atoms with van der Waals surface area (Å²) < 4.78 is 12.1. The third-order valence-electron chi connectivity index (χ3n) is 6.79. The number of benzene rings is 3. The Labute approximate surface area is 199 Å². The van der Waals surface area contributed by atoms with Crippen molar-refractivity contribution >= 4 is 11.9 Å². The molecule has 2 heterocycles. The molecular formula is C28H28N2O4. The fraction of sp³-hybridized carbons (Fsp3) is 0.286. The van der Waals surface area contributed by atoms with Gasteiger partial charge in [0.15, 0.2) is 17.2 Å². The minimum Gasteiger partial charge on any atom is -0.493 e. The molecule has 0 N–H and O–H groups in total. The Balaban J connectivity index is 1.57. The molecule has 34 heavy (non-hydrogen) atoms. The van der Waals surface area contributed by atoms with Crippen LogP contribution < -0.4 is 9.47 Å². The largest absolute Gasteiger partial charge is 0.493 e. The lowest BCUT2D eigenvalue weighted by Crippen LogP contribution is -2.66. The van der Waals surface area contributed by atoms with E-state index in [4.69, 9.17) is 9.47 Å². The molecule has 0 radical (unpaired) electrons. The third-order valence-corrected chi connectivity index (χ3v) is 6.79. The fourth-order valence-corrected chi connectivity index (χ4v) is 4.94. The third kappa shape index (κ3) is 3.69. The van der Waals surface area contributed by atoms with Crippen molar-refractivity contribution in [2.24, 2.45) is 0 Å². The average Bonchev–Trinajstić information content (AvgIpc) is 2.84. The molecule has 0 saturated carbocycles. The Bertz CT molecular complexity index is 1220. The monoisotopic (exact) mass is 456 g/mol. The molecule has 5 rings (SSSR count). The van der Waals surface area contributed by atoms with Gasteiger partial charge in [0, 0.05) is 24.1 Å². The highest BCUT2D eigenvalue weighted by Gasteiger charge is 2.55. The van der Waals surface area contributed by atoms with Gasteiger partial charge >= 0.3 is 6.03 Å². The first-order chi connectivity index (χ1) is 16.4. The summed E-state index contributed by atoms with van der Waals surface area (Å²) in [7, 11) is 1.60. The van der Waals surface area contributed by atoms with E-state index < -0.39 is 11.8 Å². The zero-order chi connectivity index (χ0) is 23.9. The molecule has 3 aromatic rings. The van der Waals surface area contributed by atoms with Crippen molar-refractivity contribution in [1.82, 2.24) is 9.80 Å². The fourth-order valence-electron chi connectivity index (χ4n) is 4.94. The number of ether oxygens (including phenoxy) is 2. The molecule has 6 heteroatoms. The molecule has 2 aliphatic rings. The number of carbonyl (C=O) groups excluding carboxylic acids is 2. The van der Waals surface area contributed by atoms with Crippen molar-refractivity contribution in [3.8, 4) is 11.5 Å². The van der Waals surface area contributed by atoms with Gasteiger partial charge in [0.1, 0.15) is 0 Å². The first kappa shape index (κ1) is 22.0. The number of rotatable bonds is 5. The summed E-state index contributed by atoms with van der Waals surface area (Å²) in [6, 6.07) is 22.2. The highest BCUT2D eigenvalue weighted by atomic mass is 16.5. The molecule has 0 aliphatic carbocycles. The minimum absolute atomic E-state index is 0.308. The molecule has 3 aromatic carbocycles. The Morgan fingerprint density at radius 1 is 1.06 bits per heavy atom. The molecule has 1 saturated heterocycles. The highest BCUT2D eigenvalue weighted by molar-refractivity contribution is 6.05. The quantitative estimate of drug-likeness (QED) is 0.518. The molecule has 3 amide bonds. The number of hydrogen-bond donors (Lipinski definition) is 0. The van der Waals surface area contributed by atoms with E-state index in [1.807, 2.05) is 74.5 Å². The van der Waals surface area contributed by atoms with Crippen LogP contribution in [0.1, 0.15) is 46.4 Å². The van der Waals surface area contributed by atoms with Crippen molar-refractivity contribution in [3.05, 3.63) is 95.1 Å².